The average Bonchev–Trinajstić information content (AvgIpc) is 2.29. The van der Waals surface area contributed by atoms with Crippen molar-refractivity contribution in [1.82, 2.24) is 9.88 Å². The minimum absolute atomic E-state index is 0. The van der Waals surface area contributed by atoms with Crippen molar-refractivity contribution >= 4 is 34.2 Å². The Hall–Kier alpha value is -0.650. The molecule has 94 valence electrons. The Balaban J connectivity index is 0.00000144. The Morgan fingerprint density at radius 2 is 2.35 bits per heavy atom. The third kappa shape index (κ3) is 3.40. The highest BCUT2D eigenvalue weighted by Crippen LogP contribution is 2.17. The van der Waals surface area contributed by atoms with Gasteiger partial charge in [-0.1, -0.05) is 0 Å². The summed E-state index contributed by atoms with van der Waals surface area (Å²) in [6.07, 6.45) is 3.59. The minimum Gasteiger partial charge on any atom is -0.336 e. The second-order valence-corrected chi connectivity index (χ2v) is 4.84. The minimum atomic E-state index is -0.0392. The van der Waals surface area contributed by atoms with E-state index in [0.717, 1.165) is 23.9 Å². The number of aromatic nitrogens is 1. The standard InChI is InChI=1S/C11H14BrN3O.ClH/c12-9-4-1-5-14-10(9)11(16)15-6-2-3-8(13)7-15;/h1,4-5,8H,2-3,6-7,13H2;1H. The van der Waals surface area contributed by atoms with Crippen LogP contribution in [0.1, 0.15) is 23.3 Å². The van der Waals surface area contributed by atoms with Crippen LogP contribution in [0, 0.1) is 0 Å². The van der Waals surface area contributed by atoms with E-state index >= 15 is 0 Å². The summed E-state index contributed by atoms with van der Waals surface area (Å²) in [6.45, 7) is 1.40. The predicted octanol–water partition coefficient (Wildman–Crippen LogP) is 1.83. The largest absolute Gasteiger partial charge is 0.336 e. The van der Waals surface area contributed by atoms with Crippen LogP contribution in [0.25, 0.3) is 0 Å². The summed E-state index contributed by atoms with van der Waals surface area (Å²) in [4.78, 5) is 18.0. The van der Waals surface area contributed by atoms with Gasteiger partial charge in [0.15, 0.2) is 0 Å². The van der Waals surface area contributed by atoms with Gasteiger partial charge in [0.2, 0.25) is 0 Å². The summed E-state index contributed by atoms with van der Waals surface area (Å²) in [7, 11) is 0. The molecule has 0 aliphatic carbocycles. The number of hydrogen-bond donors (Lipinski definition) is 1. The first kappa shape index (κ1) is 14.4. The second-order valence-electron chi connectivity index (χ2n) is 3.99. The van der Waals surface area contributed by atoms with E-state index in [4.69, 9.17) is 5.73 Å². The molecular weight excluding hydrogens is 305 g/mol. The lowest BCUT2D eigenvalue weighted by Crippen LogP contribution is -2.46. The normalized spacial score (nSPS) is 19.6. The topological polar surface area (TPSA) is 59.2 Å². The number of amides is 1. The van der Waals surface area contributed by atoms with Crippen LogP contribution in [0.3, 0.4) is 0 Å². The van der Waals surface area contributed by atoms with E-state index in [-0.39, 0.29) is 24.4 Å². The van der Waals surface area contributed by atoms with Crippen molar-refractivity contribution in [3.63, 3.8) is 0 Å². The Labute approximate surface area is 115 Å². The SMILES string of the molecule is Cl.NC1CCCN(C(=O)c2ncccc2Br)C1. The van der Waals surface area contributed by atoms with Gasteiger partial charge in [0.05, 0.1) is 0 Å². The predicted molar refractivity (Wildman–Crippen MR) is 72.3 cm³/mol. The van der Waals surface area contributed by atoms with Crippen LogP contribution in [-0.2, 0) is 0 Å². The molecule has 4 nitrogen and oxygen atoms in total. The van der Waals surface area contributed by atoms with Gasteiger partial charge in [-0.3, -0.25) is 4.79 Å². The van der Waals surface area contributed by atoms with Crippen LogP contribution in [-0.4, -0.2) is 34.9 Å². The molecule has 1 aromatic heterocycles. The Morgan fingerprint density at radius 3 is 3.00 bits per heavy atom. The fraction of sp³-hybridized carbons (Fsp3) is 0.455. The Kier molecular flexibility index (Phi) is 5.36. The van der Waals surface area contributed by atoms with Crippen molar-refractivity contribution in [1.29, 1.82) is 0 Å². The molecule has 1 unspecified atom stereocenters. The van der Waals surface area contributed by atoms with Gasteiger partial charge in [-0.2, -0.15) is 0 Å². The van der Waals surface area contributed by atoms with E-state index in [9.17, 15) is 4.79 Å². The molecule has 1 aromatic rings. The Bertz CT molecular complexity index is 402. The number of nitrogens with zero attached hydrogens (tertiary/aromatic N) is 2. The van der Waals surface area contributed by atoms with E-state index in [0.29, 0.717) is 12.2 Å². The molecule has 0 aromatic carbocycles. The number of hydrogen-bond acceptors (Lipinski definition) is 3. The summed E-state index contributed by atoms with van der Waals surface area (Å²) in [6, 6.07) is 3.72. The molecular formula is C11H15BrClN3O. The van der Waals surface area contributed by atoms with Gasteiger partial charge in [-0.05, 0) is 40.9 Å². The van der Waals surface area contributed by atoms with Crippen molar-refractivity contribution in [3.05, 3.63) is 28.5 Å². The summed E-state index contributed by atoms with van der Waals surface area (Å²) >= 11 is 3.34. The fourth-order valence-electron chi connectivity index (χ4n) is 1.89. The van der Waals surface area contributed by atoms with E-state index < -0.39 is 0 Å². The quantitative estimate of drug-likeness (QED) is 0.859. The van der Waals surface area contributed by atoms with Crippen LogP contribution in [0.15, 0.2) is 22.8 Å². The zero-order chi connectivity index (χ0) is 11.5. The highest BCUT2D eigenvalue weighted by atomic mass is 79.9. The van der Waals surface area contributed by atoms with Crippen LogP contribution >= 0.6 is 28.3 Å². The number of carbonyl (C=O) groups excluding carboxylic acids is 1. The Morgan fingerprint density at radius 1 is 1.59 bits per heavy atom. The zero-order valence-corrected chi connectivity index (χ0v) is 11.7. The molecule has 6 heteroatoms. The van der Waals surface area contributed by atoms with Crippen molar-refractivity contribution in [2.75, 3.05) is 13.1 Å². The highest BCUT2D eigenvalue weighted by molar-refractivity contribution is 9.10. The number of pyridine rings is 1. The third-order valence-corrected chi connectivity index (χ3v) is 3.35. The van der Waals surface area contributed by atoms with Crippen molar-refractivity contribution in [2.24, 2.45) is 5.73 Å². The van der Waals surface area contributed by atoms with E-state index in [1.807, 2.05) is 6.07 Å². The molecule has 17 heavy (non-hydrogen) atoms. The number of carbonyl (C=O) groups is 1. The van der Waals surface area contributed by atoms with Gasteiger partial charge in [0, 0.05) is 29.8 Å². The van der Waals surface area contributed by atoms with Crippen molar-refractivity contribution in [3.8, 4) is 0 Å². The van der Waals surface area contributed by atoms with Gasteiger partial charge in [-0.15, -0.1) is 12.4 Å². The lowest BCUT2D eigenvalue weighted by molar-refractivity contribution is 0.0702. The first-order valence-electron chi connectivity index (χ1n) is 5.34. The fourth-order valence-corrected chi connectivity index (χ4v) is 2.31. The molecule has 0 saturated carbocycles. The molecule has 2 rings (SSSR count). The molecule has 1 fully saturated rings. The number of halogens is 2. The van der Waals surface area contributed by atoms with E-state index in [1.54, 1.807) is 17.2 Å². The molecule has 2 N–H and O–H groups in total. The molecule has 1 atom stereocenters. The maximum absolute atomic E-state index is 12.1. The van der Waals surface area contributed by atoms with Crippen molar-refractivity contribution < 1.29 is 4.79 Å². The zero-order valence-electron chi connectivity index (χ0n) is 9.30. The van der Waals surface area contributed by atoms with Crippen molar-refractivity contribution in [2.45, 2.75) is 18.9 Å². The molecule has 0 radical (unpaired) electrons. The lowest BCUT2D eigenvalue weighted by Gasteiger charge is -2.30. The van der Waals surface area contributed by atoms with Gasteiger partial charge in [0.25, 0.3) is 5.91 Å². The first-order chi connectivity index (χ1) is 7.68. The number of nitrogens with two attached hydrogens (primary N) is 1. The van der Waals surface area contributed by atoms with Crippen LogP contribution in [0.4, 0.5) is 0 Å². The average molecular weight is 321 g/mol. The third-order valence-electron chi connectivity index (χ3n) is 2.71. The molecule has 0 bridgehead atoms. The first-order valence-corrected chi connectivity index (χ1v) is 6.13. The van der Waals surface area contributed by atoms with Crippen LogP contribution < -0.4 is 5.73 Å². The monoisotopic (exact) mass is 319 g/mol. The van der Waals surface area contributed by atoms with Gasteiger partial charge < -0.3 is 10.6 Å². The number of piperidine rings is 1. The van der Waals surface area contributed by atoms with E-state index in [1.165, 1.54) is 0 Å². The number of likely N-dealkylation sites (tertiary alicyclic amines) is 1. The maximum Gasteiger partial charge on any atom is 0.273 e. The second kappa shape index (κ2) is 6.33. The lowest BCUT2D eigenvalue weighted by atomic mass is 10.1. The molecule has 0 spiro atoms. The molecule has 2 heterocycles. The smallest absolute Gasteiger partial charge is 0.273 e. The molecule has 1 aliphatic rings. The molecule has 1 saturated heterocycles. The van der Waals surface area contributed by atoms with Crippen LogP contribution in [0.5, 0.6) is 0 Å². The van der Waals surface area contributed by atoms with Gasteiger partial charge in [0.1, 0.15) is 5.69 Å². The summed E-state index contributed by atoms with van der Waals surface area (Å²) in [5.41, 5.74) is 6.32. The van der Waals surface area contributed by atoms with E-state index in [2.05, 4.69) is 20.9 Å². The molecule has 1 aliphatic heterocycles. The van der Waals surface area contributed by atoms with Gasteiger partial charge >= 0.3 is 0 Å². The summed E-state index contributed by atoms with van der Waals surface area (Å²) in [5, 5.41) is 0. The van der Waals surface area contributed by atoms with Crippen LogP contribution in [0.2, 0.25) is 0 Å². The summed E-state index contributed by atoms with van der Waals surface area (Å²) in [5.74, 6) is -0.0392. The number of rotatable bonds is 1. The molecule has 1 amide bonds. The highest BCUT2D eigenvalue weighted by Gasteiger charge is 2.24. The maximum atomic E-state index is 12.1. The summed E-state index contributed by atoms with van der Waals surface area (Å²) < 4.78 is 0.735. The van der Waals surface area contributed by atoms with Gasteiger partial charge in [-0.25, -0.2) is 4.98 Å².